The van der Waals surface area contributed by atoms with E-state index in [1.807, 2.05) is 12.2 Å². The Morgan fingerprint density at radius 1 is 1.55 bits per heavy atom. The van der Waals surface area contributed by atoms with Gasteiger partial charge in [0.15, 0.2) is 0 Å². The molecule has 62 valence electrons. The number of hydrogen-bond acceptors (Lipinski definition) is 3. The van der Waals surface area contributed by atoms with E-state index in [4.69, 9.17) is 10.2 Å². The van der Waals surface area contributed by atoms with Crippen molar-refractivity contribution in [1.29, 1.82) is 0 Å². The van der Waals surface area contributed by atoms with Crippen LogP contribution in [0.25, 0.3) is 0 Å². The number of aliphatic carboxylic acids is 1. The third-order valence-electron chi connectivity index (χ3n) is 1.75. The Kier molecular flexibility index (Phi) is 2.62. The van der Waals surface area contributed by atoms with Gasteiger partial charge in [-0.05, 0) is 0 Å². The number of aliphatic hydroxyl groups is 1. The van der Waals surface area contributed by atoms with Gasteiger partial charge in [-0.3, -0.25) is 9.69 Å². The van der Waals surface area contributed by atoms with Crippen molar-refractivity contribution in [1.82, 2.24) is 4.90 Å². The lowest BCUT2D eigenvalue weighted by atomic mass is 10.3. The SMILES string of the molecule is O=C(O)C(CO)N1CC=CC1. The van der Waals surface area contributed by atoms with Crippen molar-refractivity contribution in [3.05, 3.63) is 12.2 Å². The fraction of sp³-hybridized carbons (Fsp3) is 0.571. The maximum atomic E-state index is 10.5. The van der Waals surface area contributed by atoms with Crippen LogP contribution in [0.15, 0.2) is 12.2 Å². The van der Waals surface area contributed by atoms with Crippen molar-refractivity contribution < 1.29 is 15.0 Å². The van der Waals surface area contributed by atoms with Gasteiger partial charge in [0, 0.05) is 13.1 Å². The molecule has 4 heteroatoms. The second kappa shape index (κ2) is 3.50. The topological polar surface area (TPSA) is 60.8 Å². The molecule has 0 spiro atoms. The standard InChI is InChI=1S/C7H11NO3/c9-5-6(7(10)11)8-3-1-2-4-8/h1-2,6,9H,3-5H2,(H,10,11). The Bertz CT molecular complexity index is 171. The molecule has 0 aromatic carbocycles. The van der Waals surface area contributed by atoms with Crippen molar-refractivity contribution >= 4 is 5.97 Å². The van der Waals surface area contributed by atoms with Gasteiger partial charge < -0.3 is 10.2 Å². The van der Waals surface area contributed by atoms with Crippen LogP contribution in [0, 0.1) is 0 Å². The lowest BCUT2D eigenvalue weighted by Gasteiger charge is -2.20. The summed E-state index contributed by atoms with van der Waals surface area (Å²) in [5.41, 5.74) is 0. The van der Waals surface area contributed by atoms with E-state index in [9.17, 15) is 4.79 Å². The number of aliphatic hydroxyl groups excluding tert-OH is 1. The summed E-state index contributed by atoms with van der Waals surface area (Å²) >= 11 is 0. The van der Waals surface area contributed by atoms with Crippen molar-refractivity contribution in [2.45, 2.75) is 6.04 Å². The maximum absolute atomic E-state index is 10.5. The fourth-order valence-corrected chi connectivity index (χ4v) is 1.10. The average molecular weight is 157 g/mol. The summed E-state index contributed by atoms with van der Waals surface area (Å²) in [5, 5.41) is 17.3. The maximum Gasteiger partial charge on any atom is 0.323 e. The van der Waals surface area contributed by atoms with E-state index < -0.39 is 12.0 Å². The van der Waals surface area contributed by atoms with Gasteiger partial charge in [0.05, 0.1) is 6.61 Å². The van der Waals surface area contributed by atoms with Crippen molar-refractivity contribution in [2.75, 3.05) is 19.7 Å². The van der Waals surface area contributed by atoms with Crippen molar-refractivity contribution in [2.24, 2.45) is 0 Å². The van der Waals surface area contributed by atoms with Crippen LogP contribution >= 0.6 is 0 Å². The summed E-state index contributed by atoms with van der Waals surface area (Å²) in [6, 6.07) is -0.745. The Labute approximate surface area is 64.7 Å². The number of carboxylic acid groups (broad SMARTS) is 1. The molecular formula is C7H11NO3. The van der Waals surface area contributed by atoms with Crippen LogP contribution in [0.1, 0.15) is 0 Å². The normalized spacial score (nSPS) is 20.5. The van der Waals surface area contributed by atoms with E-state index in [0.717, 1.165) is 0 Å². The molecule has 1 rings (SSSR count). The van der Waals surface area contributed by atoms with Crippen LogP contribution in [-0.2, 0) is 4.79 Å². The van der Waals surface area contributed by atoms with Crippen molar-refractivity contribution in [3.63, 3.8) is 0 Å². The molecule has 0 amide bonds. The molecule has 11 heavy (non-hydrogen) atoms. The molecule has 0 aromatic heterocycles. The van der Waals surface area contributed by atoms with E-state index in [1.165, 1.54) is 0 Å². The zero-order valence-electron chi connectivity index (χ0n) is 6.10. The summed E-state index contributed by atoms with van der Waals surface area (Å²) in [4.78, 5) is 12.2. The Morgan fingerprint density at radius 3 is 2.45 bits per heavy atom. The van der Waals surface area contributed by atoms with Gasteiger partial charge in [0.2, 0.25) is 0 Å². The summed E-state index contributed by atoms with van der Waals surface area (Å²) in [6.07, 6.45) is 3.79. The predicted octanol–water partition coefficient (Wildman–Crippen LogP) is -0.696. The van der Waals surface area contributed by atoms with Crippen LogP contribution in [0.4, 0.5) is 0 Å². The third-order valence-corrected chi connectivity index (χ3v) is 1.75. The van der Waals surface area contributed by atoms with Gasteiger partial charge in [-0.1, -0.05) is 12.2 Å². The molecule has 4 nitrogen and oxygen atoms in total. The molecule has 0 bridgehead atoms. The second-order valence-corrected chi connectivity index (χ2v) is 2.46. The molecule has 1 aliphatic heterocycles. The molecule has 0 aliphatic carbocycles. The number of hydrogen-bond donors (Lipinski definition) is 2. The molecule has 2 N–H and O–H groups in total. The highest BCUT2D eigenvalue weighted by atomic mass is 16.4. The highest BCUT2D eigenvalue weighted by molar-refractivity contribution is 5.73. The largest absolute Gasteiger partial charge is 0.480 e. The number of nitrogens with zero attached hydrogens (tertiary/aromatic N) is 1. The molecular weight excluding hydrogens is 146 g/mol. The molecule has 0 saturated heterocycles. The van der Waals surface area contributed by atoms with Crippen molar-refractivity contribution in [3.8, 4) is 0 Å². The molecule has 0 fully saturated rings. The molecule has 1 heterocycles. The molecule has 1 aliphatic rings. The minimum Gasteiger partial charge on any atom is -0.480 e. The first kappa shape index (κ1) is 8.23. The van der Waals surface area contributed by atoms with E-state index in [0.29, 0.717) is 13.1 Å². The van der Waals surface area contributed by atoms with Gasteiger partial charge in [-0.2, -0.15) is 0 Å². The van der Waals surface area contributed by atoms with Crippen LogP contribution < -0.4 is 0 Å². The Morgan fingerprint density at radius 2 is 2.09 bits per heavy atom. The Balaban J connectivity index is 2.48. The van der Waals surface area contributed by atoms with E-state index in [-0.39, 0.29) is 6.61 Å². The van der Waals surface area contributed by atoms with E-state index >= 15 is 0 Å². The van der Waals surface area contributed by atoms with Gasteiger partial charge in [0.25, 0.3) is 0 Å². The minimum absolute atomic E-state index is 0.322. The fourth-order valence-electron chi connectivity index (χ4n) is 1.10. The van der Waals surface area contributed by atoms with Crippen LogP contribution in [0.5, 0.6) is 0 Å². The lowest BCUT2D eigenvalue weighted by molar-refractivity contribution is -0.144. The van der Waals surface area contributed by atoms with Gasteiger partial charge >= 0.3 is 5.97 Å². The predicted molar refractivity (Wildman–Crippen MR) is 39.2 cm³/mol. The van der Waals surface area contributed by atoms with Crippen LogP contribution in [0.2, 0.25) is 0 Å². The van der Waals surface area contributed by atoms with Crippen LogP contribution in [0.3, 0.4) is 0 Å². The highest BCUT2D eigenvalue weighted by Crippen LogP contribution is 2.04. The zero-order valence-corrected chi connectivity index (χ0v) is 6.10. The minimum atomic E-state index is -0.962. The smallest absolute Gasteiger partial charge is 0.323 e. The summed E-state index contributed by atoms with van der Waals surface area (Å²) in [5.74, 6) is -0.962. The summed E-state index contributed by atoms with van der Waals surface area (Å²) in [7, 11) is 0. The third kappa shape index (κ3) is 1.78. The van der Waals surface area contributed by atoms with Gasteiger partial charge in [-0.15, -0.1) is 0 Å². The molecule has 1 atom stereocenters. The van der Waals surface area contributed by atoms with Crippen LogP contribution in [-0.4, -0.2) is 46.8 Å². The summed E-state index contributed by atoms with van der Waals surface area (Å²) in [6.45, 7) is 0.923. The second-order valence-electron chi connectivity index (χ2n) is 2.46. The molecule has 1 unspecified atom stereocenters. The molecule has 0 aromatic rings. The number of carboxylic acids is 1. The van der Waals surface area contributed by atoms with Gasteiger partial charge in [0.1, 0.15) is 6.04 Å². The van der Waals surface area contributed by atoms with Gasteiger partial charge in [-0.25, -0.2) is 0 Å². The first-order valence-electron chi connectivity index (χ1n) is 3.48. The monoisotopic (exact) mass is 157 g/mol. The quantitative estimate of drug-likeness (QED) is 0.532. The van der Waals surface area contributed by atoms with E-state index in [2.05, 4.69) is 0 Å². The molecule has 0 radical (unpaired) electrons. The highest BCUT2D eigenvalue weighted by Gasteiger charge is 2.24. The number of rotatable bonds is 3. The average Bonchev–Trinajstić information content (AvgIpc) is 2.40. The molecule has 0 saturated carbocycles. The summed E-state index contributed by atoms with van der Waals surface area (Å²) < 4.78 is 0. The number of carbonyl (C=O) groups is 1. The zero-order chi connectivity index (χ0) is 8.27. The van der Waals surface area contributed by atoms with E-state index in [1.54, 1.807) is 4.90 Å². The first-order chi connectivity index (χ1) is 5.25. The Hall–Kier alpha value is -0.870. The first-order valence-corrected chi connectivity index (χ1v) is 3.48. The lowest BCUT2D eigenvalue weighted by Crippen LogP contribution is -2.42.